The number of hydrogen-bond acceptors (Lipinski definition) is 5. The van der Waals surface area contributed by atoms with Crippen molar-refractivity contribution >= 4 is 0 Å². The fraction of sp³-hybridized carbons (Fsp3) is 0.846. The maximum atomic E-state index is 6.03. The first-order valence-corrected chi connectivity index (χ1v) is 6.89. The predicted molar refractivity (Wildman–Crippen MR) is 67.9 cm³/mol. The van der Waals surface area contributed by atoms with Gasteiger partial charge in [-0.3, -0.25) is 0 Å². The van der Waals surface area contributed by atoms with E-state index >= 15 is 0 Å². The molecule has 102 valence electrons. The molecule has 5 heteroatoms. The van der Waals surface area contributed by atoms with E-state index in [2.05, 4.69) is 17.1 Å². The van der Waals surface area contributed by atoms with Gasteiger partial charge < -0.3 is 15.0 Å². The molecule has 1 aliphatic heterocycles. The molecule has 5 nitrogen and oxygen atoms in total. The Kier molecular flexibility index (Phi) is 4.35. The van der Waals surface area contributed by atoms with Gasteiger partial charge in [-0.05, 0) is 32.6 Å². The van der Waals surface area contributed by atoms with Gasteiger partial charge in [0.1, 0.15) is 5.60 Å². The van der Waals surface area contributed by atoms with E-state index in [0.29, 0.717) is 11.7 Å². The second-order valence-corrected chi connectivity index (χ2v) is 5.24. The zero-order chi connectivity index (χ0) is 13.0. The minimum Gasteiger partial charge on any atom is -0.367 e. The summed E-state index contributed by atoms with van der Waals surface area (Å²) < 4.78 is 11.1. The van der Waals surface area contributed by atoms with Crippen molar-refractivity contribution in [2.24, 2.45) is 5.73 Å². The van der Waals surface area contributed by atoms with Gasteiger partial charge in [-0.1, -0.05) is 24.9 Å². The third kappa shape index (κ3) is 2.90. The van der Waals surface area contributed by atoms with Gasteiger partial charge in [-0.25, -0.2) is 0 Å². The van der Waals surface area contributed by atoms with E-state index < -0.39 is 5.60 Å². The standard InChI is InChI=1S/C13H23N3O2/c1-3-4-7-10(14)11-15-12(16-18-11)13(2)8-5-6-9-17-13/h10H,3-9,14H2,1-2H3. The van der Waals surface area contributed by atoms with Crippen LogP contribution in [0.25, 0.3) is 0 Å². The van der Waals surface area contributed by atoms with E-state index in [4.69, 9.17) is 15.0 Å². The lowest BCUT2D eigenvalue weighted by Crippen LogP contribution is -2.31. The van der Waals surface area contributed by atoms with Crippen LogP contribution in [0.5, 0.6) is 0 Å². The molecule has 2 heterocycles. The van der Waals surface area contributed by atoms with Gasteiger partial charge in [-0.15, -0.1) is 0 Å². The van der Waals surface area contributed by atoms with Crippen LogP contribution < -0.4 is 5.73 Å². The fourth-order valence-corrected chi connectivity index (χ4v) is 2.26. The molecule has 2 rings (SSSR count). The predicted octanol–water partition coefficient (Wildman–Crippen LogP) is 2.68. The van der Waals surface area contributed by atoms with Crippen LogP contribution in [0.2, 0.25) is 0 Å². The third-order valence-corrected chi connectivity index (χ3v) is 3.57. The Morgan fingerprint density at radius 1 is 1.44 bits per heavy atom. The average molecular weight is 253 g/mol. The first-order chi connectivity index (χ1) is 8.65. The summed E-state index contributed by atoms with van der Waals surface area (Å²) >= 11 is 0. The molecule has 1 saturated heterocycles. The number of aromatic nitrogens is 2. The summed E-state index contributed by atoms with van der Waals surface area (Å²) in [5.74, 6) is 1.18. The van der Waals surface area contributed by atoms with Crippen LogP contribution >= 0.6 is 0 Å². The maximum absolute atomic E-state index is 6.03. The summed E-state index contributed by atoms with van der Waals surface area (Å²) in [5, 5.41) is 4.05. The third-order valence-electron chi connectivity index (χ3n) is 3.57. The Morgan fingerprint density at radius 3 is 2.94 bits per heavy atom. The van der Waals surface area contributed by atoms with E-state index in [0.717, 1.165) is 45.1 Å². The molecule has 1 aliphatic rings. The summed E-state index contributed by atoms with van der Waals surface area (Å²) in [6.45, 7) is 4.93. The zero-order valence-electron chi connectivity index (χ0n) is 11.3. The van der Waals surface area contributed by atoms with Crippen LogP contribution in [0.15, 0.2) is 4.52 Å². The van der Waals surface area contributed by atoms with Crippen molar-refractivity contribution in [3.05, 3.63) is 11.7 Å². The van der Waals surface area contributed by atoms with Gasteiger partial charge in [0.2, 0.25) is 11.7 Å². The van der Waals surface area contributed by atoms with Gasteiger partial charge in [0.25, 0.3) is 0 Å². The average Bonchev–Trinajstić information content (AvgIpc) is 2.87. The van der Waals surface area contributed by atoms with Gasteiger partial charge in [0, 0.05) is 6.61 Å². The van der Waals surface area contributed by atoms with Crippen molar-refractivity contribution in [2.45, 2.75) is 64.0 Å². The highest BCUT2D eigenvalue weighted by molar-refractivity contribution is 5.02. The molecule has 0 saturated carbocycles. The van der Waals surface area contributed by atoms with Crippen LogP contribution in [-0.2, 0) is 10.3 Å². The van der Waals surface area contributed by atoms with E-state index in [1.807, 2.05) is 6.92 Å². The molecule has 0 bridgehead atoms. The summed E-state index contributed by atoms with van der Waals surface area (Å²) in [6.07, 6.45) is 6.27. The Hall–Kier alpha value is -0.940. The summed E-state index contributed by atoms with van der Waals surface area (Å²) in [5.41, 5.74) is 5.63. The quantitative estimate of drug-likeness (QED) is 0.873. The van der Waals surface area contributed by atoms with E-state index in [1.165, 1.54) is 0 Å². The van der Waals surface area contributed by atoms with E-state index in [-0.39, 0.29) is 6.04 Å². The van der Waals surface area contributed by atoms with Crippen molar-refractivity contribution in [3.63, 3.8) is 0 Å². The molecular weight excluding hydrogens is 230 g/mol. The lowest BCUT2D eigenvalue weighted by molar-refractivity contribution is -0.0770. The molecule has 0 aliphatic carbocycles. The normalized spacial score (nSPS) is 26.2. The monoisotopic (exact) mass is 253 g/mol. The number of nitrogens with zero attached hydrogens (tertiary/aromatic N) is 2. The molecule has 2 atom stereocenters. The smallest absolute Gasteiger partial charge is 0.243 e. The Bertz CT molecular complexity index is 372. The largest absolute Gasteiger partial charge is 0.367 e. The number of nitrogens with two attached hydrogens (primary N) is 1. The second kappa shape index (κ2) is 5.80. The van der Waals surface area contributed by atoms with E-state index in [9.17, 15) is 0 Å². The van der Waals surface area contributed by atoms with Crippen LogP contribution in [0.1, 0.15) is 70.1 Å². The molecule has 2 N–H and O–H groups in total. The second-order valence-electron chi connectivity index (χ2n) is 5.24. The first-order valence-electron chi connectivity index (χ1n) is 6.89. The number of ether oxygens (including phenoxy) is 1. The topological polar surface area (TPSA) is 74.2 Å². The minimum absolute atomic E-state index is 0.154. The lowest BCUT2D eigenvalue weighted by atomic mass is 9.95. The maximum Gasteiger partial charge on any atom is 0.243 e. The molecule has 1 aromatic heterocycles. The van der Waals surface area contributed by atoms with Gasteiger partial charge in [0.15, 0.2) is 0 Å². The molecule has 1 fully saturated rings. The van der Waals surface area contributed by atoms with Gasteiger partial charge >= 0.3 is 0 Å². The summed E-state index contributed by atoms with van der Waals surface area (Å²) in [7, 11) is 0. The molecule has 0 amide bonds. The van der Waals surface area contributed by atoms with Crippen molar-refractivity contribution < 1.29 is 9.26 Å². The van der Waals surface area contributed by atoms with Crippen LogP contribution in [-0.4, -0.2) is 16.7 Å². The SMILES string of the molecule is CCCCC(N)c1nc(C2(C)CCCCO2)no1. The highest BCUT2D eigenvalue weighted by Crippen LogP contribution is 2.33. The Morgan fingerprint density at radius 2 is 2.28 bits per heavy atom. The molecule has 0 spiro atoms. The Balaban J connectivity index is 2.04. The summed E-state index contributed by atoms with van der Waals surface area (Å²) in [6, 6.07) is -0.154. The van der Waals surface area contributed by atoms with Gasteiger partial charge in [-0.2, -0.15) is 4.98 Å². The Labute approximate surface area is 108 Å². The molecule has 2 unspecified atom stereocenters. The zero-order valence-corrected chi connectivity index (χ0v) is 11.3. The van der Waals surface area contributed by atoms with Crippen LogP contribution in [0.4, 0.5) is 0 Å². The highest BCUT2D eigenvalue weighted by Gasteiger charge is 2.35. The van der Waals surface area contributed by atoms with Crippen molar-refractivity contribution in [2.75, 3.05) is 6.61 Å². The molecule has 0 radical (unpaired) electrons. The minimum atomic E-state index is -0.398. The fourth-order valence-electron chi connectivity index (χ4n) is 2.26. The number of hydrogen-bond donors (Lipinski definition) is 1. The van der Waals surface area contributed by atoms with Gasteiger partial charge in [0.05, 0.1) is 6.04 Å². The summed E-state index contributed by atoms with van der Waals surface area (Å²) in [4.78, 5) is 4.43. The molecule has 18 heavy (non-hydrogen) atoms. The van der Waals surface area contributed by atoms with Crippen LogP contribution in [0, 0.1) is 0 Å². The molecule has 1 aromatic rings. The first kappa shape index (κ1) is 13.5. The number of rotatable bonds is 5. The number of unbranched alkanes of at least 4 members (excludes halogenated alkanes) is 1. The molecular formula is C13H23N3O2. The highest BCUT2D eigenvalue weighted by atomic mass is 16.5. The molecule has 0 aromatic carbocycles. The van der Waals surface area contributed by atoms with Crippen molar-refractivity contribution in [3.8, 4) is 0 Å². The van der Waals surface area contributed by atoms with Crippen LogP contribution in [0.3, 0.4) is 0 Å². The van der Waals surface area contributed by atoms with Crippen molar-refractivity contribution in [1.82, 2.24) is 10.1 Å². The lowest BCUT2D eigenvalue weighted by Gasteiger charge is -2.30. The van der Waals surface area contributed by atoms with E-state index in [1.54, 1.807) is 0 Å². The van der Waals surface area contributed by atoms with Crippen molar-refractivity contribution in [1.29, 1.82) is 0 Å².